The summed E-state index contributed by atoms with van der Waals surface area (Å²) in [6.07, 6.45) is 3.93. The van der Waals surface area contributed by atoms with Crippen molar-refractivity contribution in [3.63, 3.8) is 0 Å². The molecule has 0 aliphatic heterocycles. The van der Waals surface area contributed by atoms with E-state index in [0.29, 0.717) is 0 Å². The summed E-state index contributed by atoms with van der Waals surface area (Å²) in [6, 6.07) is 4.08. The number of aromatic nitrogens is 1. The quantitative estimate of drug-likeness (QED) is 0.432. The molecule has 0 amide bonds. The van der Waals surface area contributed by atoms with Gasteiger partial charge in [-0.15, -0.1) is 11.8 Å². The highest BCUT2D eigenvalue weighted by Crippen LogP contribution is 2.12. The van der Waals surface area contributed by atoms with Crippen LogP contribution in [0.1, 0.15) is 0 Å². The van der Waals surface area contributed by atoms with Crippen LogP contribution < -0.4 is 0 Å². The predicted octanol–water partition coefficient (Wildman–Crippen LogP) is 2.41. The summed E-state index contributed by atoms with van der Waals surface area (Å²) < 4.78 is 1.05. The Morgan fingerprint density at radius 1 is 1.56 bits per heavy atom. The first-order chi connectivity index (χ1) is 4.33. The number of rotatable bonds is 1. The lowest BCUT2D eigenvalue weighted by molar-refractivity contribution is 1.20. The molecule has 0 saturated heterocycles. The largest absolute Gasteiger partial charge is 0.249 e. The lowest BCUT2D eigenvalue weighted by Gasteiger charge is -1.92. The van der Waals surface area contributed by atoms with Crippen LogP contribution in [0.25, 0.3) is 0 Å². The zero-order valence-corrected chi connectivity index (χ0v) is 7.94. The second kappa shape index (κ2) is 3.41. The second-order valence-electron chi connectivity index (χ2n) is 1.52. The smallest absolute Gasteiger partial charge is 0.101 e. The summed E-state index contributed by atoms with van der Waals surface area (Å²) in [5.41, 5.74) is 0. The standard InChI is InChI=1S/C6H6INS/c1-9-5-2-3-6(7)8-4-5/h2-4H,1H3. The minimum atomic E-state index is 1.05. The van der Waals surface area contributed by atoms with E-state index in [0.717, 1.165) is 3.70 Å². The van der Waals surface area contributed by atoms with Crippen molar-refractivity contribution in [1.29, 1.82) is 0 Å². The summed E-state index contributed by atoms with van der Waals surface area (Å²) >= 11 is 3.90. The van der Waals surface area contributed by atoms with Crippen molar-refractivity contribution >= 4 is 34.4 Å². The summed E-state index contributed by atoms with van der Waals surface area (Å²) in [7, 11) is 0. The highest BCUT2D eigenvalue weighted by molar-refractivity contribution is 14.1. The molecule has 0 saturated carbocycles. The molecule has 1 aromatic rings. The van der Waals surface area contributed by atoms with Gasteiger partial charge in [-0.05, 0) is 41.0 Å². The van der Waals surface area contributed by atoms with E-state index in [1.807, 2.05) is 18.5 Å². The van der Waals surface area contributed by atoms with Crippen LogP contribution in [0.3, 0.4) is 0 Å². The van der Waals surface area contributed by atoms with Gasteiger partial charge in [-0.25, -0.2) is 4.98 Å². The molecule has 48 valence electrons. The Hall–Kier alpha value is 0.230. The lowest BCUT2D eigenvalue weighted by atomic mass is 10.5. The molecule has 9 heavy (non-hydrogen) atoms. The maximum Gasteiger partial charge on any atom is 0.101 e. The Morgan fingerprint density at radius 3 is 2.78 bits per heavy atom. The average molecular weight is 251 g/mol. The average Bonchev–Trinajstić information content (AvgIpc) is 1.90. The minimum Gasteiger partial charge on any atom is -0.249 e. The van der Waals surface area contributed by atoms with Gasteiger partial charge in [0, 0.05) is 11.1 Å². The van der Waals surface area contributed by atoms with Gasteiger partial charge < -0.3 is 0 Å². The van der Waals surface area contributed by atoms with E-state index in [1.165, 1.54) is 4.90 Å². The molecule has 0 spiro atoms. The summed E-state index contributed by atoms with van der Waals surface area (Å²) in [6.45, 7) is 0. The molecule has 1 heterocycles. The van der Waals surface area contributed by atoms with E-state index in [-0.39, 0.29) is 0 Å². The molecule has 0 N–H and O–H groups in total. The molecule has 0 aliphatic rings. The Balaban J connectivity index is 2.88. The summed E-state index contributed by atoms with van der Waals surface area (Å²) in [5, 5.41) is 0. The monoisotopic (exact) mass is 251 g/mol. The van der Waals surface area contributed by atoms with Crippen LogP contribution in [0.5, 0.6) is 0 Å². The van der Waals surface area contributed by atoms with E-state index < -0.39 is 0 Å². The van der Waals surface area contributed by atoms with Gasteiger partial charge in [0.15, 0.2) is 0 Å². The third kappa shape index (κ3) is 2.14. The Labute approximate surface area is 72.4 Å². The molecule has 3 heteroatoms. The molecule has 0 radical (unpaired) electrons. The fraction of sp³-hybridized carbons (Fsp3) is 0.167. The van der Waals surface area contributed by atoms with Crippen molar-refractivity contribution in [3.05, 3.63) is 22.0 Å². The van der Waals surface area contributed by atoms with E-state index in [1.54, 1.807) is 11.8 Å². The number of hydrogen-bond acceptors (Lipinski definition) is 2. The summed E-state index contributed by atoms with van der Waals surface area (Å²) in [5.74, 6) is 0. The van der Waals surface area contributed by atoms with Gasteiger partial charge in [0.05, 0.1) is 0 Å². The van der Waals surface area contributed by atoms with E-state index in [4.69, 9.17) is 0 Å². The predicted molar refractivity (Wildman–Crippen MR) is 48.7 cm³/mol. The normalized spacial score (nSPS) is 9.56. The second-order valence-corrected chi connectivity index (χ2v) is 3.51. The zero-order chi connectivity index (χ0) is 6.69. The molecular formula is C6H6INS. The maximum absolute atomic E-state index is 4.12. The van der Waals surface area contributed by atoms with Gasteiger partial charge in [0.1, 0.15) is 3.70 Å². The van der Waals surface area contributed by atoms with Crippen LogP contribution in [0.4, 0.5) is 0 Å². The number of halogens is 1. The van der Waals surface area contributed by atoms with Gasteiger partial charge in [-0.1, -0.05) is 0 Å². The van der Waals surface area contributed by atoms with Crippen molar-refractivity contribution in [2.24, 2.45) is 0 Å². The van der Waals surface area contributed by atoms with E-state index in [9.17, 15) is 0 Å². The molecule has 0 aromatic carbocycles. The minimum absolute atomic E-state index is 1.05. The van der Waals surface area contributed by atoms with Crippen LogP contribution in [0, 0.1) is 3.70 Å². The van der Waals surface area contributed by atoms with Crippen molar-refractivity contribution < 1.29 is 0 Å². The van der Waals surface area contributed by atoms with E-state index in [2.05, 4.69) is 33.6 Å². The molecule has 0 unspecified atom stereocenters. The maximum atomic E-state index is 4.12. The topological polar surface area (TPSA) is 12.9 Å². The van der Waals surface area contributed by atoms with Crippen LogP contribution in [-0.4, -0.2) is 11.2 Å². The van der Waals surface area contributed by atoms with Gasteiger partial charge in [0.2, 0.25) is 0 Å². The summed E-state index contributed by atoms with van der Waals surface area (Å²) in [4.78, 5) is 5.33. The van der Waals surface area contributed by atoms with Crippen molar-refractivity contribution in [1.82, 2.24) is 4.98 Å². The third-order valence-electron chi connectivity index (χ3n) is 0.936. The van der Waals surface area contributed by atoms with Gasteiger partial charge in [-0.3, -0.25) is 0 Å². The van der Waals surface area contributed by atoms with E-state index >= 15 is 0 Å². The molecule has 1 aromatic heterocycles. The van der Waals surface area contributed by atoms with Crippen LogP contribution in [-0.2, 0) is 0 Å². The molecular weight excluding hydrogens is 245 g/mol. The van der Waals surface area contributed by atoms with Gasteiger partial charge in [0.25, 0.3) is 0 Å². The molecule has 0 atom stereocenters. The fourth-order valence-corrected chi connectivity index (χ4v) is 1.16. The molecule has 1 rings (SSSR count). The third-order valence-corrected chi connectivity index (χ3v) is 2.29. The molecule has 0 bridgehead atoms. The Kier molecular flexibility index (Phi) is 2.78. The number of pyridine rings is 1. The highest BCUT2D eigenvalue weighted by atomic mass is 127. The van der Waals surface area contributed by atoms with Crippen molar-refractivity contribution in [3.8, 4) is 0 Å². The van der Waals surface area contributed by atoms with Gasteiger partial charge >= 0.3 is 0 Å². The first kappa shape index (κ1) is 7.34. The number of nitrogens with zero attached hydrogens (tertiary/aromatic N) is 1. The molecule has 0 aliphatic carbocycles. The SMILES string of the molecule is CSc1ccc(I)nc1. The van der Waals surface area contributed by atoms with Crippen molar-refractivity contribution in [2.45, 2.75) is 4.90 Å². The zero-order valence-electron chi connectivity index (χ0n) is 4.97. The molecule has 0 fully saturated rings. The lowest BCUT2D eigenvalue weighted by Crippen LogP contribution is -1.77. The number of hydrogen-bond donors (Lipinski definition) is 0. The first-order valence-electron chi connectivity index (χ1n) is 2.48. The van der Waals surface area contributed by atoms with Crippen molar-refractivity contribution in [2.75, 3.05) is 6.26 Å². The van der Waals surface area contributed by atoms with Gasteiger partial charge in [-0.2, -0.15) is 0 Å². The number of thioether (sulfide) groups is 1. The first-order valence-corrected chi connectivity index (χ1v) is 4.79. The fourth-order valence-electron chi connectivity index (χ4n) is 0.483. The van der Waals surface area contributed by atoms with Crippen LogP contribution >= 0.6 is 34.4 Å². The highest BCUT2D eigenvalue weighted by Gasteiger charge is 1.87. The molecule has 1 nitrogen and oxygen atoms in total. The van der Waals surface area contributed by atoms with Crippen LogP contribution in [0.2, 0.25) is 0 Å². The Morgan fingerprint density at radius 2 is 2.33 bits per heavy atom. The Bertz CT molecular complexity index is 185. The van der Waals surface area contributed by atoms with Crippen LogP contribution in [0.15, 0.2) is 23.2 Å².